The van der Waals surface area contributed by atoms with E-state index < -0.39 is 9.28 Å². The Hall–Kier alpha value is -0.163. The second-order valence-corrected chi connectivity index (χ2v) is 4.98. The van der Waals surface area contributed by atoms with Crippen molar-refractivity contribution in [2.24, 2.45) is 5.73 Å². The van der Waals surface area contributed by atoms with Crippen LogP contribution in [0.15, 0.2) is 12.2 Å². The van der Waals surface area contributed by atoms with Gasteiger partial charge in [0.15, 0.2) is 0 Å². The lowest BCUT2D eigenvalue weighted by atomic mass is 10.2. The molecule has 0 aromatic carbocycles. The molecule has 12 heavy (non-hydrogen) atoms. The first-order valence-electron chi connectivity index (χ1n) is 4.39. The van der Waals surface area contributed by atoms with Crippen molar-refractivity contribution in [1.82, 2.24) is 0 Å². The van der Waals surface area contributed by atoms with Crippen LogP contribution in [0.4, 0.5) is 0 Å². The summed E-state index contributed by atoms with van der Waals surface area (Å²) in [7, 11) is -2.38. The summed E-state index contributed by atoms with van der Waals surface area (Å²) in [5.41, 5.74) is 5.38. The van der Waals surface area contributed by atoms with E-state index in [1.165, 1.54) is 0 Å². The third-order valence-electron chi connectivity index (χ3n) is 1.80. The molecule has 3 nitrogen and oxygen atoms in total. The summed E-state index contributed by atoms with van der Waals surface area (Å²) in [5, 5.41) is 0. The van der Waals surface area contributed by atoms with Crippen molar-refractivity contribution in [3.8, 4) is 0 Å². The van der Waals surface area contributed by atoms with E-state index in [9.17, 15) is 0 Å². The fourth-order valence-corrected chi connectivity index (χ4v) is 1.33. The van der Waals surface area contributed by atoms with Gasteiger partial charge in [-0.15, -0.1) is 0 Å². The van der Waals surface area contributed by atoms with Crippen LogP contribution in [-0.2, 0) is 0 Å². The molecule has 0 amide bonds. The fraction of sp³-hybridized carbons (Fsp3) is 0.750. The van der Waals surface area contributed by atoms with Crippen molar-refractivity contribution < 1.29 is 9.59 Å². The lowest BCUT2D eigenvalue weighted by molar-refractivity contribution is 0.384. The van der Waals surface area contributed by atoms with Gasteiger partial charge in [0.25, 0.3) is 0 Å². The predicted octanol–water partition coefficient (Wildman–Crippen LogP) is 0.267. The van der Waals surface area contributed by atoms with E-state index >= 15 is 0 Å². The summed E-state index contributed by atoms with van der Waals surface area (Å²) >= 11 is 0. The first-order chi connectivity index (χ1) is 5.68. The summed E-state index contributed by atoms with van der Waals surface area (Å²) in [6.45, 7) is 2.57. The van der Waals surface area contributed by atoms with Gasteiger partial charge in [-0.1, -0.05) is 19.1 Å². The molecular weight excluding hydrogens is 170 g/mol. The third kappa shape index (κ3) is 6.54. The van der Waals surface area contributed by atoms with Gasteiger partial charge in [-0.05, 0) is 31.3 Å². The minimum Gasteiger partial charge on any atom is -0.413 e. The second kappa shape index (κ2) is 7.48. The highest BCUT2D eigenvalue weighted by atomic mass is 28.3. The summed E-state index contributed by atoms with van der Waals surface area (Å²) < 4.78 is 0. The zero-order valence-corrected chi connectivity index (χ0v) is 8.76. The molecule has 1 unspecified atom stereocenters. The highest BCUT2D eigenvalue weighted by molar-refractivity contribution is 6.42. The van der Waals surface area contributed by atoms with E-state index in [0.717, 1.165) is 19.3 Å². The van der Waals surface area contributed by atoms with Crippen molar-refractivity contribution in [1.29, 1.82) is 0 Å². The first-order valence-corrected chi connectivity index (χ1v) is 6.09. The van der Waals surface area contributed by atoms with Crippen LogP contribution in [0.3, 0.4) is 0 Å². The van der Waals surface area contributed by atoms with Crippen molar-refractivity contribution in [2.75, 3.05) is 6.54 Å². The molecule has 0 aliphatic carbocycles. The quantitative estimate of drug-likeness (QED) is 0.415. The number of allylic oxidation sites excluding steroid dienone is 1. The smallest absolute Gasteiger partial charge is 0.318 e. The minimum atomic E-state index is -2.38. The molecule has 0 aromatic rings. The molecule has 4 N–H and O–H groups in total. The van der Waals surface area contributed by atoms with E-state index in [1.807, 2.05) is 13.0 Å². The molecule has 0 aliphatic rings. The van der Waals surface area contributed by atoms with E-state index in [-0.39, 0.29) is 5.54 Å². The molecule has 0 spiro atoms. The maximum Gasteiger partial charge on any atom is 0.318 e. The maximum absolute atomic E-state index is 8.87. The maximum atomic E-state index is 8.87. The first kappa shape index (κ1) is 11.8. The molecule has 0 saturated carbocycles. The van der Waals surface area contributed by atoms with Gasteiger partial charge in [0.2, 0.25) is 0 Å². The molecule has 0 radical (unpaired) electrons. The Morgan fingerprint density at radius 1 is 1.33 bits per heavy atom. The third-order valence-corrected chi connectivity index (χ3v) is 3.15. The van der Waals surface area contributed by atoms with Gasteiger partial charge in [0, 0.05) is 0 Å². The van der Waals surface area contributed by atoms with Crippen molar-refractivity contribution >= 4 is 9.28 Å². The van der Waals surface area contributed by atoms with Gasteiger partial charge in [0.1, 0.15) is 0 Å². The van der Waals surface area contributed by atoms with E-state index in [1.54, 1.807) is 0 Å². The lowest BCUT2D eigenvalue weighted by Crippen LogP contribution is -2.17. The van der Waals surface area contributed by atoms with Gasteiger partial charge < -0.3 is 15.3 Å². The van der Waals surface area contributed by atoms with Gasteiger partial charge >= 0.3 is 9.28 Å². The summed E-state index contributed by atoms with van der Waals surface area (Å²) in [6, 6.07) is 0. The molecule has 0 saturated heterocycles. The zero-order chi connectivity index (χ0) is 9.40. The van der Waals surface area contributed by atoms with Crippen molar-refractivity contribution in [3.05, 3.63) is 12.2 Å². The molecule has 0 heterocycles. The summed E-state index contributed by atoms with van der Waals surface area (Å²) in [5.74, 6) is 0. The molecule has 0 aromatic heterocycles. The lowest BCUT2D eigenvalue weighted by Gasteiger charge is -2.08. The largest absolute Gasteiger partial charge is 0.413 e. The second-order valence-electron chi connectivity index (χ2n) is 3.02. The van der Waals surface area contributed by atoms with E-state index in [2.05, 4.69) is 6.08 Å². The summed E-state index contributed by atoms with van der Waals surface area (Å²) in [6.07, 6.45) is 6.79. The Bertz CT molecular complexity index is 128. The number of nitrogens with two attached hydrogens (primary N) is 1. The van der Waals surface area contributed by atoms with Gasteiger partial charge in [0.05, 0.1) is 0 Å². The highest BCUT2D eigenvalue weighted by Gasteiger charge is 2.11. The zero-order valence-electron chi connectivity index (χ0n) is 7.61. The number of hydrogen-bond acceptors (Lipinski definition) is 3. The van der Waals surface area contributed by atoms with Crippen LogP contribution in [-0.4, -0.2) is 25.4 Å². The van der Waals surface area contributed by atoms with Crippen LogP contribution in [0.25, 0.3) is 0 Å². The van der Waals surface area contributed by atoms with Gasteiger partial charge in [-0.25, -0.2) is 0 Å². The molecule has 4 heteroatoms. The van der Waals surface area contributed by atoms with Gasteiger partial charge in [-0.2, -0.15) is 0 Å². The van der Waals surface area contributed by atoms with Crippen LogP contribution in [0.1, 0.15) is 26.2 Å². The molecule has 0 fully saturated rings. The van der Waals surface area contributed by atoms with Gasteiger partial charge in [-0.3, -0.25) is 0 Å². The van der Waals surface area contributed by atoms with Crippen molar-refractivity contribution in [3.63, 3.8) is 0 Å². The molecule has 0 rings (SSSR count). The minimum absolute atomic E-state index is 0.0903. The molecule has 1 atom stereocenters. The highest BCUT2D eigenvalue weighted by Crippen LogP contribution is 2.13. The molecule has 72 valence electrons. The van der Waals surface area contributed by atoms with E-state index in [0.29, 0.717) is 6.54 Å². The normalized spacial score (nSPS) is 14.4. The Kier molecular flexibility index (Phi) is 7.38. The molecule has 0 aliphatic heterocycles. The summed E-state index contributed by atoms with van der Waals surface area (Å²) in [4.78, 5) is 17.7. The SMILES string of the molecule is CC(CCC=CCCN)[SiH](O)O. The van der Waals surface area contributed by atoms with Crippen LogP contribution in [0.2, 0.25) is 5.54 Å². The Labute approximate surface area is 75.8 Å². The van der Waals surface area contributed by atoms with Crippen LogP contribution >= 0.6 is 0 Å². The molecule has 0 bridgehead atoms. The van der Waals surface area contributed by atoms with Crippen molar-refractivity contribution in [2.45, 2.75) is 31.7 Å². The standard InChI is InChI=1S/C8H19NO2Si/c1-8(12(10)11)6-4-2-3-5-7-9/h2-3,8,10-12H,4-7,9H2,1H3. The average molecular weight is 189 g/mol. The van der Waals surface area contributed by atoms with Crippen LogP contribution in [0, 0.1) is 0 Å². The number of hydrogen-bond donors (Lipinski definition) is 3. The van der Waals surface area contributed by atoms with E-state index in [4.69, 9.17) is 15.3 Å². The molecular formula is C8H19NO2Si. The number of rotatable bonds is 6. The Balaban J connectivity index is 3.30. The average Bonchev–Trinajstić information content (AvgIpc) is 2.03. The fourth-order valence-electron chi connectivity index (χ4n) is 0.840. The van der Waals surface area contributed by atoms with Crippen LogP contribution < -0.4 is 5.73 Å². The Morgan fingerprint density at radius 3 is 2.42 bits per heavy atom. The monoisotopic (exact) mass is 189 g/mol. The van der Waals surface area contributed by atoms with Crippen LogP contribution in [0.5, 0.6) is 0 Å². The Morgan fingerprint density at radius 2 is 1.92 bits per heavy atom. The topological polar surface area (TPSA) is 66.5 Å². The predicted molar refractivity (Wildman–Crippen MR) is 53.1 cm³/mol.